The number of hydrogen-bond acceptors (Lipinski definition) is 2. The Morgan fingerprint density at radius 1 is 1.21 bits per heavy atom. The van der Waals surface area contributed by atoms with Crippen LogP contribution in [0.1, 0.15) is 46.5 Å². The Labute approximate surface area is 89.4 Å². The molecule has 0 amide bonds. The lowest BCUT2D eigenvalue weighted by atomic mass is 10.0. The minimum atomic E-state index is 0.924. The lowest BCUT2D eigenvalue weighted by Crippen LogP contribution is -2.27. The number of piperidine rings is 1. The van der Waals surface area contributed by atoms with E-state index in [0.29, 0.717) is 0 Å². The number of nitrogens with one attached hydrogen (secondary N) is 1. The van der Waals surface area contributed by atoms with Gasteiger partial charge in [0.05, 0.1) is 0 Å². The van der Waals surface area contributed by atoms with E-state index in [1.807, 2.05) is 0 Å². The van der Waals surface area contributed by atoms with Crippen molar-refractivity contribution in [2.75, 3.05) is 26.3 Å². The van der Waals surface area contributed by atoms with Gasteiger partial charge in [-0.3, -0.25) is 0 Å². The van der Waals surface area contributed by atoms with E-state index in [1.54, 1.807) is 0 Å². The van der Waals surface area contributed by atoms with Crippen LogP contribution in [0.5, 0.6) is 0 Å². The fraction of sp³-hybridized carbons (Fsp3) is 1.00. The SMILES string of the molecule is CC1CCCNC1.CCCOCCC. The third-order valence-electron chi connectivity index (χ3n) is 2.24. The summed E-state index contributed by atoms with van der Waals surface area (Å²) in [5.41, 5.74) is 0. The van der Waals surface area contributed by atoms with Crippen LogP contribution in [-0.4, -0.2) is 26.3 Å². The summed E-state index contributed by atoms with van der Waals surface area (Å²) in [5.74, 6) is 0.925. The van der Waals surface area contributed by atoms with Crippen LogP contribution in [0.25, 0.3) is 0 Å². The molecule has 2 nitrogen and oxygen atoms in total. The van der Waals surface area contributed by atoms with Crippen LogP contribution >= 0.6 is 0 Å². The first-order chi connectivity index (χ1) is 6.81. The third kappa shape index (κ3) is 10.0. The van der Waals surface area contributed by atoms with Gasteiger partial charge in [0.1, 0.15) is 0 Å². The van der Waals surface area contributed by atoms with E-state index in [0.717, 1.165) is 32.0 Å². The number of rotatable bonds is 4. The average Bonchev–Trinajstić information content (AvgIpc) is 2.21. The van der Waals surface area contributed by atoms with E-state index in [2.05, 4.69) is 26.1 Å². The second kappa shape index (κ2) is 11.0. The van der Waals surface area contributed by atoms with Crippen molar-refractivity contribution in [2.45, 2.75) is 46.5 Å². The van der Waals surface area contributed by atoms with Gasteiger partial charge in [0, 0.05) is 13.2 Å². The first-order valence-corrected chi connectivity index (χ1v) is 6.09. The van der Waals surface area contributed by atoms with Crippen molar-refractivity contribution in [2.24, 2.45) is 5.92 Å². The van der Waals surface area contributed by atoms with Crippen molar-refractivity contribution in [3.8, 4) is 0 Å². The second-order valence-electron chi connectivity index (χ2n) is 4.06. The fourth-order valence-corrected chi connectivity index (χ4v) is 1.42. The quantitative estimate of drug-likeness (QED) is 0.706. The van der Waals surface area contributed by atoms with Gasteiger partial charge in [0.15, 0.2) is 0 Å². The van der Waals surface area contributed by atoms with Crippen LogP contribution < -0.4 is 5.32 Å². The summed E-state index contributed by atoms with van der Waals surface area (Å²) in [6, 6.07) is 0. The molecule has 0 spiro atoms. The van der Waals surface area contributed by atoms with Crippen LogP contribution in [0, 0.1) is 5.92 Å². The molecule has 2 heteroatoms. The zero-order chi connectivity index (χ0) is 10.6. The highest BCUT2D eigenvalue weighted by Gasteiger charge is 2.04. The lowest BCUT2D eigenvalue weighted by Gasteiger charge is -2.17. The highest BCUT2D eigenvalue weighted by molar-refractivity contribution is 4.63. The molecule has 0 saturated carbocycles. The molecule has 0 aliphatic carbocycles. The van der Waals surface area contributed by atoms with Gasteiger partial charge in [-0.1, -0.05) is 20.8 Å². The monoisotopic (exact) mass is 201 g/mol. The minimum absolute atomic E-state index is 0.924. The summed E-state index contributed by atoms with van der Waals surface area (Å²) >= 11 is 0. The van der Waals surface area contributed by atoms with Gasteiger partial charge in [0.25, 0.3) is 0 Å². The maximum Gasteiger partial charge on any atom is 0.0463 e. The molecule has 14 heavy (non-hydrogen) atoms. The Balaban J connectivity index is 0.000000241. The Hall–Kier alpha value is -0.0800. The van der Waals surface area contributed by atoms with Crippen molar-refractivity contribution in [3.63, 3.8) is 0 Å². The Kier molecular flexibility index (Phi) is 10.9. The molecule has 1 rings (SSSR count). The van der Waals surface area contributed by atoms with Crippen molar-refractivity contribution < 1.29 is 4.74 Å². The van der Waals surface area contributed by atoms with Crippen LogP contribution in [0.4, 0.5) is 0 Å². The normalized spacial score (nSPS) is 21.2. The molecule has 0 aromatic rings. The maximum atomic E-state index is 5.13. The van der Waals surface area contributed by atoms with Crippen molar-refractivity contribution >= 4 is 0 Å². The van der Waals surface area contributed by atoms with Crippen LogP contribution in [0.3, 0.4) is 0 Å². The first-order valence-electron chi connectivity index (χ1n) is 6.09. The molecule has 1 saturated heterocycles. The van der Waals surface area contributed by atoms with E-state index in [1.165, 1.54) is 25.9 Å². The maximum absolute atomic E-state index is 5.13. The molecular formula is C12H27NO. The van der Waals surface area contributed by atoms with E-state index < -0.39 is 0 Å². The molecular weight excluding hydrogens is 174 g/mol. The fourth-order valence-electron chi connectivity index (χ4n) is 1.42. The van der Waals surface area contributed by atoms with Crippen LogP contribution in [-0.2, 0) is 4.74 Å². The van der Waals surface area contributed by atoms with E-state index in [-0.39, 0.29) is 0 Å². The van der Waals surface area contributed by atoms with Crippen LogP contribution in [0.2, 0.25) is 0 Å². The summed E-state index contributed by atoms with van der Waals surface area (Å²) < 4.78 is 5.13. The predicted octanol–water partition coefficient (Wildman–Crippen LogP) is 2.83. The van der Waals surface area contributed by atoms with Crippen molar-refractivity contribution in [1.29, 1.82) is 0 Å². The van der Waals surface area contributed by atoms with Gasteiger partial charge in [-0.05, 0) is 44.7 Å². The number of ether oxygens (including phenoxy) is 1. The average molecular weight is 201 g/mol. The summed E-state index contributed by atoms with van der Waals surface area (Å²) in [5, 5.41) is 3.33. The number of hydrogen-bond donors (Lipinski definition) is 1. The molecule has 0 bridgehead atoms. The topological polar surface area (TPSA) is 21.3 Å². The van der Waals surface area contributed by atoms with Crippen molar-refractivity contribution in [3.05, 3.63) is 0 Å². The van der Waals surface area contributed by atoms with Crippen LogP contribution in [0.15, 0.2) is 0 Å². The molecule has 1 aliphatic rings. The molecule has 1 fully saturated rings. The van der Waals surface area contributed by atoms with Crippen molar-refractivity contribution in [1.82, 2.24) is 5.32 Å². The largest absolute Gasteiger partial charge is 0.381 e. The molecule has 0 radical (unpaired) electrons. The zero-order valence-corrected chi connectivity index (χ0v) is 10.1. The summed E-state index contributed by atoms with van der Waals surface area (Å²) in [4.78, 5) is 0. The highest BCUT2D eigenvalue weighted by Crippen LogP contribution is 2.06. The van der Waals surface area contributed by atoms with Gasteiger partial charge in [-0.15, -0.1) is 0 Å². The van der Waals surface area contributed by atoms with Gasteiger partial charge < -0.3 is 10.1 Å². The van der Waals surface area contributed by atoms with E-state index in [9.17, 15) is 0 Å². The predicted molar refractivity (Wildman–Crippen MR) is 62.7 cm³/mol. The summed E-state index contributed by atoms with van der Waals surface area (Å²) in [7, 11) is 0. The highest BCUT2D eigenvalue weighted by atomic mass is 16.5. The summed E-state index contributed by atoms with van der Waals surface area (Å²) in [6.45, 7) is 10.9. The Morgan fingerprint density at radius 2 is 1.86 bits per heavy atom. The molecule has 1 aliphatic heterocycles. The minimum Gasteiger partial charge on any atom is -0.381 e. The molecule has 0 aromatic carbocycles. The lowest BCUT2D eigenvalue weighted by molar-refractivity contribution is 0.135. The summed E-state index contributed by atoms with van der Waals surface area (Å²) in [6.07, 6.45) is 5.08. The molecule has 1 unspecified atom stereocenters. The van der Waals surface area contributed by atoms with Gasteiger partial charge >= 0.3 is 0 Å². The van der Waals surface area contributed by atoms with E-state index in [4.69, 9.17) is 4.74 Å². The molecule has 1 N–H and O–H groups in total. The molecule has 1 atom stereocenters. The Bertz CT molecular complexity index is 96.5. The Morgan fingerprint density at radius 3 is 2.14 bits per heavy atom. The van der Waals surface area contributed by atoms with Gasteiger partial charge in [-0.2, -0.15) is 0 Å². The smallest absolute Gasteiger partial charge is 0.0463 e. The van der Waals surface area contributed by atoms with E-state index >= 15 is 0 Å². The molecule has 86 valence electrons. The second-order valence-corrected chi connectivity index (χ2v) is 4.06. The molecule has 0 aromatic heterocycles. The van der Waals surface area contributed by atoms with Gasteiger partial charge in [-0.25, -0.2) is 0 Å². The molecule has 1 heterocycles. The first kappa shape index (κ1) is 13.9. The standard InChI is InChI=1S/C6H13N.C6H14O/c1-6-3-2-4-7-5-6;1-3-5-7-6-4-2/h6-7H,2-5H2,1H3;3-6H2,1-2H3. The third-order valence-corrected chi connectivity index (χ3v) is 2.24. The van der Waals surface area contributed by atoms with Gasteiger partial charge in [0.2, 0.25) is 0 Å². The zero-order valence-electron chi connectivity index (χ0n) is 10.1.